The molecule has 1 aliphatic rings. The van der Waals surface area contributed by atoms with E-state index in [1.807, 2.05) is 18.2 Å². The zero-order chi connectivity index (χ0) is 21.5. The van der Waals surface area contributed by atoms with Gasteiger partial charge in [0.25, 0.3) is 5.91 Å². The number of benzene rings is 2. The number of likely N-dealkylation sites (tertiary alicyclic amines) is 1. The Bertz CT molecular complexity index is 988. The first-order chi connectivity index (χ1) is 15.2. The van der Waals surface area contributed by atoms with E-state index in [1.54, 1.807) is 59.4 Å². The second-order valence-electron chi connectivity index (χ2n) is 7.24. The van der Waals surface area contributed by atoms with Crippen molar-refractivity contribution >= 4 is 29.4 Å². The predicted octanol–water partition coefficient (Wildman–Crippen LogP) is 4.06. The number of amides is 2. The Morgan fingerprint density at radius 3 is 2.52 bits per heavy atom. The minimum absolute atomic E-state index is 0.186. The molecule has 2 aromatic carbocycles. The highest BCUT2D eigenvalue weighted by atomic mass is 32.2. The highest BCUT2D eigenvalue weighted by Gasteiger charge is 2.24. The summed E-state index contributed by atoms with van der Waals surface area (Å²) in [5.41, 5.74) is 1.22. The summed E-state index contributed by atoms with van der Waals surface area (Å²) in [5, 5.41) is 10.3. The first-order valence-electron chi connectivity index (χ1n) is 10.1. The minimum atomic E-state index is -0.346. The van der Waals surface area contributed by atoms with Crippen molar-refractivity contribution in [1.29, 1.82) is 0 Å². The molecule has 1 fully saturated rings. The number of anilines is 1. The molecule has 0 aliphatic carbocycles. The van der Waals surface area contributed by atoms with Crippen molar-refractivity contribution < 1.29 is 14.3 Å². The maximum atomic E-state index is 12.5. The molecule has 160 valence electrons. The third-order valence-electron chi connectivity index (χ3n) is 5.07. The maximum absolute atomic E-state index is 12.5. The van der Waals surface area contributed by atoms with Gasteiger partial charge >= 0.3 is 6.09 Å². The summed E-state index contributed by atoms with van der Waals surface area (Å²) in [4.78, 5) is 30.5. The van der Waals surface area contributed by atoms with E-state index in [1.165, 1.54) is 0 Å². The second kappa shape index (κ2) is 10.1. The number of thioether (sulfide) groups is 1. The lowest BCUT2D eigenvalue weighted by Gasteiger charge is -2.30. The summed E-state index contributed by atoms with van der Waals surface area (Å²) in [7, 11) is 0. The number of carbonyl (C=O) groups excluding carboxylic acids is 2. The van der Waals surface area contributed by atoms with Crippen molar-refractivity contribution in [1.82, 2.24) is 20.1 Å². The van der Waals surface area contributed by atoms with Crippen LogP contribution in [0.2, 0.25) is 0 Å². The van der Waals surface area contributed by atoms with Crippen LogP contribution in [0.15, 0.2) is 66.1 Å². The fourth-order valence-electron chi connectivity index (χ4n) is 3.31. The normalized spacial score (nSPS) is 14.3. The van der Waals surface area contributed by atoms with Gasteiger partial charge in [-0.2, -0.15) is 0 Å². The molecule has 3 aromatic rings. The van der Waals surface area contributed by atoms with Gasteiger partial charge in [0.2, 0.25) is 5.16 Å². The van der Waals surface area contributed by atoms with E-state index in [-0.39, 0.29) is 12.0 Å². The number of piperidine rings is 1. The third kappa shape index (κ3) is 5.85. The zero-order valence-corrected chi connectivity index (χ0v) is 17.7. The molecule has 1 saturated heterocycles. The number of nitrogens with zero attached hydrogens (tertiary/aromatic N) is 3. The molecule has 0 unspecified atom stereocenters. The summed E-state index contributed by atoms with van der Waals surface area (Å²) in [6.07, 6.45) is 3.08. The smallest absolute Gasteiger partial charge is 0.410 e. The van der Waals surface area contributed by atoms with Gasteiger partial charge < -0.3 is 15.0 Å². The first-order valence-corrected chi connectivity index (χ1v) is 11.1. The Morgan fingerprint density at radius 2 is 1.84 bits per heavy atom. The van der Waals surface area contributed by atoms with E-state index in [0.29, 0.717) is 36.0 Å². The van der Waals surface area contributed by atoms with Gasteiger partial charge in [-0.1, -0.05) is 30.0 Å². The van der Waals surface area contributed by atoms with Gasteiger partial charge in [0.05, 0.1) is 0 Å². The lowest BCUT2D eigenvalue weighted by atomic mass is 9.99. The molecule has 2 N–H and O–H groups in total. The average Bonchev–Trinajstić information content (AvgIpc) is 3.33. The van der Waals surface area contributed by atoms with Crippen LogP contribution in [0.4, 0.5) is 10.5 Å². The van der Waals surface area contributed by atoms with Crippen molar-refractivity contribution in [2.75, 3.05) is 24.2 Å². The second-order valence-corrected chi connectivity index (χ2v) is 8.22. The highest BCUT2D eigenvalue weighted by Crippen LogP contribution is 2.25. The molecule has 1 aromatic heterocycles. The Labute approximate surface area is 184 Å². The average molecular weight is 438 g/mol. The third-order valence-corrected chi connectivity index (χ3v) is 6.16. The van der Waals surface area contributed by atoms with Gasteiger partial charge in [-0.3, -0.25) is 9.89 Å². The minimum Gasteiger partial charge on any atom is -0.410 e. The molecular weight excluding hydrogens is 414 g/mol. The Morgan fingerprint density at radius 1 is 1.10 bits per heavy atom. The van der Waals surface area contributed by atoms with E-state index >= 15 is 0 Å². The number of carbonyl (C=O) groups is 2. The van der Waals surface area contributed by atoms with Crippen molar-refractivity contribution in [3.8, 4) is 5.75 Å². The van der Waals surface area contributed by atoms with Crippen molar-refractivity contribution in [2.24, 2.45) is 5.92 Å². The van der Waals surface area contributed by atoms with E-state index in [9.17, 15) is 9.59 Å². The lowest BCUT2D eigenvalue weighted by Crippen LogP contribution is -2.40. The maximum Gasteiger partial charge on any atom is 0.415 e. The molecule has 31 heavy (non-hydrogen) atoms. The van der Waals surface area contributed by atoms with Crippen LogP contribution in [0.1, 0.15) is 23.2 Å². The molecule has 1 aliphatic heterocycles. The number of rotatable bonds is 6. The summed E-state index contributed by atoms with van der Waals surface area (Å²) in [6.45, 7) is 1.34. The van der Waals surface area contributed by atoms with E-state index in [4.69, 9.17) is 4.74 Å². The molecule has 2 heterocycles. The monoisotopic (exact) mass is 437 g/mol. The largest absolute Gasteiger partial charge is 0.415 e. The number of ether oxygens (including phenoxy) is 1. The van der Waals surface area contributed by atoms with E-state index in [0.717, 1.165) is 23.8 Å². The molecule has 0 saturated carbocycles. The van der Waals surface area contributed by atoms with Crippen molar-refractivity contribution in [3.63, 3.8) is 0 Å². The van der Waals surface area contributed by atoms with Crippen LogP contribution in [0.5, 0.6) is 5.75 Å². The standard InChI is InChI=1S/C22H23N5O3S/c28-20(17-4-2-1-3-5-17)25-18-6-8-19(9-7-18)30-22(29)27-12-10-16(11-13-27)14-31-21-23-15-24-26-21/h1-9,15-16H,10-14H2,(H,25,28)(H,23,24,26). The van der Waals surface area contributed by atoms with Crippen molar-refractivity contribution in [2.45, 2.75) is 18.0 Å². The topological polar surface area (TPSA) is 100 Å². The SMILES string of the molecule is O=C(Nc1ccc(OC(=O)N2CCC(CSc3nc[nH]n3)CC2)cc1)c1ccccc1. The van der Waals surface area contributed by atoms with Crippen LogP contribution in [0.3, 0.4) is 0 Å². The lowest BCUT2D eigenvalue weighted by molar-refractivity contribution is 0.102. The highest BCUT2D eigenvalue weighted by molar-refractivity contribution is 7.99. The van der Waals surface area contributed by atoms with Crippen LogP contribution in [-0.2, 0) is 0 Å². The first kappa shape index (κ1) is 20.9. The van der Waals surface area contributed by atoms with Gasteiger partial charge in [0.1, 0.15) is 12.1 Å². The fourth-order valence-corrected chi connectivity index (χ4v) is 4.27. The number of H-pyrrole nitrogens is 1. The molecular formula is C22H23N5O3S. The summed E-state index contributed by atoms with van der Waals surface area (Å²) in [6, 6.07) is 15.8. The Kier molecular flexibility index (Phi) is 6.83. The Balaban J connectivity index is 1.22. The van der Waals surface area contributed by atoms with Gasteiger partial charge in [0, 0.05) is 30.1 Å². The molecule has 2 amide bonds. The Hall–Kier alpha value is -3.33. The number of aromatic nitrogens is 3. The van der Waals surface area contributed by atoms with Crippen LogP contribution in [-0.4, -0.2) is 50.9 Å². The molecule has 4 rings (SSSR count). The molecule has 0 radical (unpaired) electrons. The number of nitrogens with one attached hydrogen (secondary N) is 2. The fraction of sp³-hybridized carbons (Fsp3) is 0.273. The van der Waals surface area contributed by atoms with Crippen LogP contribution in [0, 0.1) is 5.92 Å². The molecule has 9 heteroatoms. The molecule has 0 bridgehead atoms. The molecule has 8 nitrogen and oxygen atoms in total. The van der Waals surface area contributed by atoms with Gasteiger partial charge in [-0.05, 0) is 55.2 Å². The zero-order valence-electron chi connectivity index (χ0n) is 16.9. The van der Waals surface area contributed by atoms with Crippen LogP contribution in [0.25, 0.3) is 0 Å². The predicted molar refractivity (Wildman–Crippen MR) is 118 cm³/mol. The van der Waals surface area contributed by atoms with Crippen LogP contribution < -0.4 is 10.1 Å². The number of hydrogen-bond donors (Lipinski definition) is 2. The van der Waals surface area contributed by atoms with Crippen LogP contribution >= 0.6 is 11.8 Å². The quantitative estimate of drug-likeness (QED) is 0.564. The van der Waals surface area contributed by atoms with Gasteiger partial charge in [-0.25, -0.2) is 9.78 Å². The number of hydrogen-bond acceptors (Lipinski definition) is 6. The molecule has 0 atom stereocenters. The van der Waals surface area contributed by atoms with E-state index < -0.39 is 0 Å². The summed E-state index contributed by atoms with van der Waals surface area (Å²) < 4.78 is 5.50. The summed E-state index contributed by atoms with van der Waals surface area (Å²) in [5.74, 6) is 1.73. The van der Waals surface area contributed by atoms with Crippen molar-refractivity contribution in [3.05, 3.63) is 66.5 Å². The van der Waals surface area contributed by atoms with E-state index in [2.05, 4.69) is 20.5 Å². The van der Waals surface area contributed by atoms with Gasteiger partial charge in [-0.15, -0.1) is 5.10 Å². The number of aromatic amines is 1. The van der Waals surface area contributed by atoms with Gasteiger partial charge in [0.15, 0.2) is 0 Å². The summed E-state index contributed by atoms with van der Waals surface area (Å²) >= 11 is 1.63. The molecule has 0 spiro atoms.